The second-order valence-electron chi connectivity index (χ2n) is 4.11. The molecule has 0 fully saturated rings. The molecule has 0 aliphatic heterocycles. The maximum atomic E-state index is 13.5. The minimum atomic E-state index is -0.919. The summed E-state index contributed by atoms with van der Waals surface area (Å²) in [5, 5.41) is 0. The van der Waals surface area contributed by atoms with Crippen LogP contribution >= 0.6 is 0 Å². The van der Waals surface area contributed by atoms with Gasteiger partial charge in [-0.2, -0.15) is 4.39 Å². The zero-order chi connectivity index (χ0) is 13.7. The van der Waals surface area contributed by atoms with E-state index in [9.17, 15) is 9.18 Å². The van der Waals surface area contributed by atoms with Crippen molar-refractivity contribution in [2.45, 2.75) is 6.92 Å². The molecule has 3 heteroatoms. The minimum Gasteiger partial charge on any atom is -0.395 e. The fourth-order valence-corrected chi connectivity index (χ4v) is 1.54. The topological polar surface area (TPSA) is 26.3 Å². The smallest absolute Gasteiger partial charge is 0.345 e. The summed E-state index contributed by atoms with van der Waals surface area (Å²) in [7, 11) is 0. The van der Waals surface area contributed by atoms with Gasteiger partial charge in [0.05, 0.1) is 5.56 Å². The molecule has 0 saturated carbocycles. The summed E-state index contributed by atoms with van der Waals surface area (Å²) in [4.78, 5) is 11.6. The Morgan fingerprint density at radius 1 is 1.05 bits per heavy atom. The quantitative estimate of drug-likeness (QED) is 0.610. The predicted octanol–water partition coefficient (Wildman–Crippen LogP) is 4.12. The molecule has 0 saturated heterocycles. The maximum absolute atomic E-state index is 13.5. The Kier molecular flexibility index (Phi) is 4.08. The van der Waals surface area contributed by atoms with Crippen LogP contribution in [0.2, 0.25) is 0 Å². The largest absolute Gasteiger partial charge is 0.395 e. The van der Waals surface area contributed by atoms with Crippen molar-refractivity contribution in [3.8, 4) is 0 Å². The van der Waals surface area contributed by atoms with Gasteiger partial charge >= 0.3 is 5.97 Å². The minimum absolute atomic E-state index is 0.315. The summed E-state index contributed by atoms with van der Waals surface area (Å²) in [5.41, 5.74) is 2.04. The van der Waals surface area contributed by atoms with Crippen molar-refractivity contribution >= 4 is 12.0 Å². The number of aryl methyl sites for hydroxylation is 1. The third-order valence-electron chi connectivity index (χ3n) is 2.56. The van der Waals surface area contributed by atoms with Gasteiger partial charge in [-0.3, -0.25) is 0 Å². The van der Waals surface area contributed by atoms with Crippen LogP contribution in [-0.2, 0) is 4.74 Å². The monoisotopic (exact) mass is 256 g/mol. The van der Waals surface area contributed by atoms with Crippen LogP contribution in [0.3, 0.4) is 0 Å². The number of esters is 1. The van der Waals surface area contributed by atoms with Gasteiger partial charge in [0, 0.05) is 6.08 Å². The summed E-state index contributed by atoms with van der Waals surface area (Å²) in [6, 6.07) is 14.6. The zero-order valence-corrected chi connectivity index (χ0v) is 10.5. The molecule has 0 heterocycles. The van der Waals surface area contributed by atoms with Crippen LogP contribution in [0.4, 0.5) is 4.39 Å². The van der Waals surface area contributed by atoms with E-state index >= 15 is 0 Å². The van der Waals surface area contributed by atoms with Crippen LogP contribution in [0.1, 0.15) is 21.5 Å². The van der Waals surface area contributed by atoms with Gasteiger partial charge in [-0.05, 0) is 24.6 Å². The molecule has 19 heavy (non-hydrogen) atoms. The first-order valence-electron chi connectivity index (χ1n) is 5.86. The lowest BCUT2D eigenvalue weighted by atomic mass is 10.1. The van der Waals surface area contributed by atoms with Crippen molar-refractivity contribution in [1.29, 1.82) is 0 Å². The van der Waals surface area contributed by atoms with E-state index in [0.29, 0.717) is 11.1 Å². The van der Waals surface area contributed by atoms with Crippen LogP contribution in [0, 0.1) is 6.92 Å². The average molecular weight is 256 g/mol. The first-order valence-corrected chi connectivity index (χ1v) is 5.86. The Balaban J connectivity index is 2.07. The Morgan fingerprint density at radius 3 is 2.32 bits per heavy atom. The van der Waals surface area contributed by atoms with Crippen LogP contribution in [-0.4, -0.2) is 5.97 Å². The highest BCUT2D eigenvalue weighted by Gasteiger charge is 2.09. The van der Waals surface area contributed by atoms with Crippen LogP contribution in [0.5, 0.6) is 0 Å². The molecule has 0 aliphatic rings. The number of hydrogen-bond donors (Lipinski definition) is 0. The van der Waals surface area contributed by atoms with E-state index in [-0.39, 0.29) is 0 Å². The Hall–Kier alpha value is -2.42. The highest BCUT2D eigenvalue weighted by Crippen LogP contribution is 2.12. The lowest BCUT2D eigenvalue weighted by Crippen LogP contribution is -2.02. The van der Waals surface area contributed by atoms with Gasteiger partial charge in [0.1, 0.15) is 0 Å². The molecule has 2 rings (SSSR count). The molecule has 0 radical (unpaired) electrons. The Morgan fingerprint density at radius 2 is 1.68 bits per heavy atom. The van der Waals surface area contributed by atoms with Crippen molar-refractivity contribution in [3.63, 3.8) is 0 Å². The van der Waals surface area contributed by atoms with Crippen molar-refractivity contribution < 1.29 is 13.9 Å². The normalized spacial score (nSPS) is 11.2. The van der Waals surface area contributed by atoms with Gasteiger partial charge in [0.25, 0.3) is 6.01 Å². The molecular formula is C16H13FO2. The number of rotatable bonds is 3. The fourth-order valence-electron chi connectivity index (χ4n) is 1.54. The third-order valence-corrected chi connectivity index (χ3v) is 2.56. The molecule has 96 valence electrons. The van der Waals surface area contributed by atoms with Crippen molar-refractivity contribution in [2.24, 2.45) is 0 Å². The van der Waals surface area contributed by atoms with Crippen LogP contribution in [0.15, 0.2) is 60.6 Å². The molecule has 0 amide bonds. The average Bonchev–Trinajstić information content (AvgIpc) is 2.42. The number of carbonyl (C=O) groups is 1. The van der Waals surface area contributed by atoms with Gasteiger partial charge < -0.3 is 4.74 Å². The first-order chi connectivity index (χ1) is 9.15. The molecular weight excluding hydrogens is 243 g/mol. The van der Waals surface area contributed by atoms with E-state index in [2.05, 4.69) is 4.74 Å². The highest BCUT2D eigenvalue weighted by molar-refractivity contribution is 5.90. The molecule has 0 atom stereocenters. The maximum Gasteiger partial charge on any atom is 0.345 e. The summed E-state index contributed by atoms with van der Waals surface area (Å²) >= 11 is 0. The van der Waals surface area contributed by atoms with Gasteiger partial charge in [0.2, 0.25) is 0 Å². The van der Waals surface area contributed by atoms with E-state index in [1.54, 1.807) is 42.5 Å². The zero-order valence-electron chi connectivity index (χ0n) is 10.5. The molecule has 0 aliphatic carbocycles. The van der Waals surface area contributed by atoms with Gasteiger partial charge in [-0.1, -0.05) is 48.0 Å². The molecule has 2 nitrogen and oxygen atoms in total. The molecule has 0 N–H and O–H groups in total. The highest BCUT2D eigenvalue weighted by atomic mass is 19.1. The summed E-state index contributed by atoms with van der Waals surface area (Å²) in [6.45, 7) is 1.94. The van der Waals surface area contributed by atoms with Gasteiger partial charge in [0.15, 0.2) is 0 Å². The number of hydrogen-bond acceptors (Lipinski definition) is 2. The number of halogens is 1. The third kappa shape index (κ3) is 3.78. The lowest BCUT2D eigenvalue weighted by Gasteiger charge is -2.01. The van der Waals surface area contributed by atoms with E-state index in [1.165, 1.54) is 6.08 Å². The van der Waals surface area contributed by atoms with Gasteiger partial charge in [-0.15, -0.1) is 0 Å². The summed E-state index contributed by atoms with van der Waals surface area (Å²) in [6.07, 6.45) is 1.18. The van der Waals surface area contributed by atoms with E-state index in [1.807, 2.05) is 19.1 Å². The molecule has 2 aromatic carbocycles. The van der Waals surface area contributed by atoms with Crippen molar-refractivity contribution in [1.82, 2.24) is 0 Å². The van der Waals surface area contributed by atoms with E-state index in [4.69, 9.17) is 0 Å². The van der Waals surface area contributed by atoms with Crippen molar-refractivity contribution in [2.75, 3.05) is 0 Å². The fraction of sp³-hybridized carbons (Fsp3) is 0.0625. The SMILES string of the molecule is Cc1ccc(/C=C(/F)OC(=O)c2ccccc2)cc1. The Bertz CT molecular complexity index is 586. The standard InChI is InChI=1S/C16H13FO2/c1-12-7-9-13(10-8-12)11-15(17)19-16(18)14-5-3-2-4-6-14/h2-11H,1H3/b15-11-. The first kappa shape index (κ1) is 13.0. The van der Waals surface area contributed by atoms with E-state index < -0.39 is 12.0 Å². The predicted molar refractivity (Wildman–Crippen MR) is 72.1 cm³/mol. The Labute approximate surface area is 111 Å². The number of benzene rings is 2. The second-order valence-corrected chi connectivity index (χ2v) is 4.11. The number of carbonyl (C=O) groups excluding carboxylic acids is 1. The van der Waals surface area contributed by atoms with Crippen molar-refractivity contribution in [3.05, 3.63) is 77.3 Å². The van der Waals surface area contributed by atoms with Gasteiger partial charge in [-0.25, -0.2) is 4.79 Å². The van der Waals surface area contributed by atoms with Crippen LogP contribution < -0.4 is 0 Å². The molecule has 2 aromatic rings. The summed E-state index contributed by atoms with van der Waals surface area (Å²) in [5.74, 6) is -0.707. The second kappa shape index (κ2) is 5.96. The summed E-state index contributed by atoms with van der Waals surface area (Å²) < 4.78 is 18.2. The lowest BCUT2D eigenvalue weighted by molar-refractivity contribution is 0.0549. The molecule has 0 bridgehead atoms. The number of ether oxygens (including phenoxy) is 1. The van der Waals surface area contributed by atoms with Crippen LogP contribution in [0.25, 0.3) is 6.08 Å². The molecule has 0 aromatic heterocycles. The molecule has 0 spiro atoms. The molecule has 0 unspecified atom stereocenters. The van der Waals surface area contributed by atoms with E-state index in [0.717, 1.165) is 5.56 Å².